The lowest BCUT2D eigenvalue weighted by atomic mass is 9.86. The SMILES string of the molecule is CC(C)(C)c1ccc(C(=O)N2CCN(c3ccc(O)cc3)CC2)cc1. The van der Waals surface area contributed by atoms with Crippen LogP contribution in [0.25, 0.3) is 0 Å². The van der Waals surface area contributed by atoms with E-state index in [0.717, 1.165) is 24.3 Å². The van der Waals surface area contributed by atoms with Crippen molar-refractivity contribution in [3.05, 3.63) is 59.7 Å². The fourth-order valence-electron chi connectivity index (χ4n) is 3.13. The Kier molecular flexibility index (Phi) is 4.71. The van der Waals surface area contributed by atoms with Crippen molar-refractivity contribution in [2.24, 2.45) is 0 Å². The molecule has 1 heterocycles. The lowest BCUT2D eigenvalue weighted by Crippen LogP contribution is -2.48. The van der Waals surface area contributed by atoms with Crippen molar-refractivity contribution in [2.45, 2.75) is 26.2 Å². The molecular formula is C21H26N2O2. The molecule has 0 aromatic heterocycles. The predicted molar refractivity (Wildman–Crippen MR) is 101 cm³/mol. The van der Waals surface area contributed by atoms with Crippen LogP contribution in [-0.2, 0) is 5.41 Å². The van der Waals surface area contributed by atoms with E-state index >= 15 is 0 Å². The van der Waals surface area contributed by atoms with E-state index < -0.39 is 0 Å². The van der Waals surface area contributed by atoms with Gasteiger partial charge >= 0.3 is 0 Å². The molecule has 2 aromatic carbocycles. The number of anilines is 1. The van der Waals surface area contributed by atoms with Crippen LogP contribution in [0.15, 0.2) is 48.5 Å². The van der Waals surface area contributed by atoms with Gasteiger partial charge in [-0.2, -0.15) is 0 Å². The third-order valence-electron chi connectivity index (χ3n) is 4.78. The van der Waals surface area contributed by atoms with Crippen LogP contribution >= 0.6 is 0 Å². The number of benzene rings is 2. The highest BCUT2D eigenvalue weighted by Crippen LogP contribution is 2.23. The van der Waals surface area contributed by atoms with Crippen LogP contribution in [0.1, 0.15) is 36.7 Å². The highest BCUT2D eigenvalue weighted by Gasteiger charge is 2.23. The number of carbonyl (C=O) groups excluding carboxylic acids is 1. The summed E-state index contributed by atoms with van der Waals surface area (Å²) in [5, 5.41) is 9.39. The Morgan fingerprint density at radius 3 is 1.96 bits per heavy atom. The minimum absolute atomic E-state index is 0.0946. The zero-order valence-electron chi connectivity index (χ0n) is 15.2. The van der Waals surface area contributed by atoms with Crippen molar-refractivity contribution in [1.29, 1.82) is 0 Å². The molecule has 132 valence electrons. The fourth-order valence-corrected chi connectivity index (χ4v) is 3.13. The number of carbonyl (C=O) groups is 1. The van der Waals surface area contributed by atoms with E-state index in [9.17, 15) is 9.90 Å². The molecule has 0 unspecified atom stereocenters. The normalized spacial score (nSPS) is 15.3. The largest absolute Gasteiger partial charge is 0.508 e. The topological polar surface area (TPSA) is 43.8 Å². The molecule has 0 bridgehead atoms. The lowest BCUT2D eigenvalue weighted by Gasteiger charge is -2.36. The molecule has 0 atom stereocenters. The van der Waals surface area contributed by atoms with Crippen LogP contribution in [0.3, 0.4) is 0 Å². The van der Waals surface area contributed by atoms with Gasteiger partial charge in [0.05, 0.1) is 0 Å². The molecule has 1 fully saturated rings. The Morgan fingerprint density at radius 2 is 1.44 bits per heavy atom. The van der Waals surface area contributed by atoms with Gasteiger partial charge in [-0.15, -0.1) is 0 Å². The van der Waals surface area contributed by atoms with Crippen LogP contribution < -0.4 is 4.90 Å². The van der Waals surface area contributed by atoms with Gasteiger partial charge in [0.25, 0.3) is 5.91 Å². The minimum atomic E-state index is 0.0946. The maximum atomic E-state index is 12.7. The summed E-state index contributed by atoms with van der Waals surface area (Å²) >= 11 is 0. The second kappa shape index (κ2) is 6.79. The summed E-state index contributed by atoms with van der Waals surface area (Å²) in [6, 6.07) is 15.2. The van der Waals surface area contributed by atoms with Gasteiger partial charge in [0.1, 0.15) is 5.75 Å². The third-order valence-corrected chi connectivity index (χ3v) is 4.78. The molecule has 4 nitrogen and oxygen atoms in total. The van der Waals surface area contributed by atoms with Gasteiger partial charge in [-0.1, -0.05) is 32.9 Å². The molecule has 1 amide bonds. The Balaban J connectivity index is 1.62. The summed E-state index contributed by atoms with van der Waals surface area (Å²) < 4.78 is 0. The van der Waals surface area contributed by atoms with Gasteiger partial charge in [-0.05, 0) is 47.4 Å². The molecular weight excluding hydrogens is 312 g/mol. The molecule has 1 aliphatic rings. The summed E-state index contributed by atoms with van der Waals surface area (Å²) in [7, 11) is 0. The minimum Gasteiger partial charge on any atom is -0.508 e. The number of amides is 1. The third kappa shape index (κ3) is 3.95. The average Bonchev–Trinajstić information content (AvgIpc) is 2.61. The van der Waals surface area contributed by atoms with Gasteiger partial charge in [-0.3, -0.25) is 4.79 Å². The maximum Gasteiger partial charge on any atom is 0.253 e. The average molecular weight is 338 g/mol. The number of hydrogen-bond donors (Lipinski definition) is 1. The van der Waals surface area contributed by atoms with Gasteiger partial charge < -0.3 is 14.9 Å². The van der Waals surface area contributed by atoms with Crippen molar-refractivity contribution in [1.82, 2.24) is 4.90 Å². The first-order valence-corrected chi connectivity index (χ1v) is 8.78. The van der Waals surface area contributed by atoms with Crippen LogP contribution in [0, 0.1) is 0 Å². The summed E-state index contributed by atoms with van der Waals surface area (Å²) in [6.45, 7) is 9.54. The first kappa shape index (κ1) is 17.3. The molecule has 4 heteroatoms. The van der Waals surface area contributed by atoms with Crippen LogP contribution in [0.2, 0.25) is 0 Å². The summed E-state index contributed by atoms with van der Waals surface area (Å²) in [5.74, 6) is 0.377. The van der Waals surface area contributed by atoms with Crippen molar-refractivity contribution in [2.75, 3.05) is 31.1 Å². The Bertz CT molecular complexity index is 722. The van der Waals surface area contributed by atoms with Crippen LogP contribution in [-0.4, -0.2) is 42.1 Å². The monoisotopic (exact) mass is 338 g/mol. The van der Waals surface area contributed by atoms with Gasteiger partial charge in [0.2, 0.25) is 0 Å². The number of rotatable bonds is 2. The van der Waals surface area contributed by atoms with Crippen LogP contribution in [0.4, 0.5) is 5.69 Å². The van der Waals surface area contributed by atoms with Crippen molar-refractivity contribution >= 4 is 11.6 Å². The molecule has 1 aliphatic heterocycles. The highest BCUT2D eigenvalue weighted by atomic mass is 16.3. The van der Waals surface area contributed by atoms with Gasteiger partial charge in [0.15, 0.2) is 0 Å². The highest BCUT2D eigenvalue weighted by molar-refractivity contribution is 5.94. The second-order valence-electron chi connectivity index (χ2n) is 7.62. The molecule has 0 saturated carbocycles. The number of hydrogen-bond acceptors (Lipinski definition) is 3. The summed E-state index contributed by atoms with van der Waals surface area (Å²) in [4.78, 5) is 16.9. The lowest BCUT2D eigenvalue weighted by molar-refractivity contribution is 0.0746. The number of phenols is 1. The van der Waals surface area contributed by atoms with Crippen molar-refractivity contribution in [3.63, 3.8) is 0 Å². The molecule has 25 heavy (non-hydrogen) atoms. The van der Waals surface area contributed by atoms with E-state index in [2.05, 4.69) is 37.8 Å². The molecule has 1 N–H and O–H groups in total. The quantitative estimate of drug-likeness (QED) is 0.909. The number of nitrogens with zero attached hydrogens (tertiary/aromatic N) is 2. The maximum absolute atomic E-state index is 12.7. The standard InChI is InChI=1S/C21H26N2O2/c1-21(2,3)17-6-4-16(5-7-17)20(25)23-14-12-22(13-15-23)18-8-10-19(24)11-9-18/h4-11,24H,12-15H2,1-3H3. The zero-order chi connectivity index (χ0) is 18.0. The van der Waals surface area contributed by atoms with E-state index in [4.69, 9.17) is 0 Å². The van der Waals surface area contributed by atoms with E-state index in [1.807, 2.05) is 29.2 Å². The van der Waals surface area contributed by atoms with Crippen molar-refractivity contribution < 1.29 is 9.90 Å². The Morgan fingerprint density at radius 1 is 0.880 bits per heavy atom. The number of phenolic OH excluding ortho intramolecular Hbond substituents is 1. The summed E-state index contributed by atoms with van der Waals surface area (Å²) in [6.07, 6.45) is 0. The predicted octanol–water partition coefficient (Wildman–Crippen LogP) is 3.65. The number of piperazine rings is 1. The Labute approximate surface area is 149 Å². The molecule has 1 saturated heterocycles. The molecule has 0 radical (unpaired) electrons. The van der Waals surface area contributed by atoms with Crippen LogP contribution in [0.5, 0.6) is 5.75 Å². The van der Waals surface area contributed by atoms with E-state index in [1.54, 1.807) is 12.1 Å². The molecule has 2 aromatic rings. The zero-order valence-corrected chi connectivity index (χ0v) is 15.2. The van der Waals surface area contributed by atoms with Gasteiger partial charge in [-0.25, -0.2) is 0 Å². The fraction of sp³-hybridized carbons (Fsp3) is 0.381. The van der Waals surface area contributed by atoms with Gasteiger partial charge in [0, 0.05) is 37.4 Å². The molecule has 0 aliphatic carbocycles. The summed E-state index contributed by atoms with van der Waals surface area (Å²) in [5.41, 5.74) is 3.17. The van der Waals surface area contributed by atoms with E-state index in [0.29, 0.717) is 13.1 Å². The first-order valence-electron chi connectivity index (χ1n) is 8.78. The smallest absolute Gasteiger partial charge is 0.253 e. The second-order valence-corrected chi connectivity index (χ2v) is 7.62. The van der Waals surface area contributed by atoms with Crippen molar-refractivity contribution in [3.8, 4) is 5.75 Å². The van der Waals surface area contributed by atoms with E-state index in [-0.39, 0.29) is 17.1 Å². The molecule has 0 spiro atoms. The number of aromatic hydroxyl groups is 1. The Hall–Kier alpha value is -2.49. The molecule has 3 rings (SSSR count). The van der Waals surface area contributed by atoms with E-state index in [1.165, 1.54) is 5.56 Å². The first-order chi connectivity index (χ1) is 11.8.